The monoisotopic (exact) mass is 1300 g/mol. The molecule has 0 aromatic carbocycles. The number of nitrogens with one attached hydrogen (secondary N) is 2. The molecule has 25 atom stereocenters. The van der Waals surface area contributed by atoms with E-state index in [4.69, 9.17) is 53.1 Å². The summed E-state index contributed by atoms with van der Waals surface area (Å²) in [4.78, 5) is 0. The van der Waals surface area contributed by atoms with E-state index in [2.05, 4.69) is 0 Å². The summed E-state index contributed by atoms with van der Waals surface area (Å²) in [7, 11) is 0. The molecule has 5 aliphatic rings. The minimum absolute atomic E-state index is 0. The standard InChI is InChI=1S/C34H60N2O22.2Ac/c1-9-16(39)21(44)24(47)31(50-9)56-27-15(36)29(49-8-13-19(42)20(43)14(35)30(54-13)58-34(3,4)5)53-12(7-38)26(27)55-33-28(23(46)18(41)11(6-37)52-33)57-32-25(48)22(45)17(40)10(2)51-32;;/h9-33,35-48H,6-8H2,1-5H3;;/q-2;;/t9?,10?,11?,12?,13?,14?,15?,16?,17-,18?,19?,20-,21-,22?,23+,24?,25+,26?,27-,28?,29+,30-,31+,32?,33+;;/m1../s1. The van der Waals surface area contributed by atoms with Crippen molar-refractivity contribution in [2.45, 2.75) is 194 Å². The smallest absolute Gasteiger partial charge is 0.187 e. The van der Waals surface area contributed by atoms with Crippen molar-refractivity contribution in [2.75, 3.05) is 19.8 Å². The van der Waals surface area contributed by atoms with Crippen molar-refractivity contribution in [3.05, 3.63) is 11.5 Å². The first-order valence-electron chi connectivity index (χ1n) is 19.1. The van der Waals surface area contributed by atoms with E-state index in [0.29, 0.717) is 0 Å². The van der Waals surface area contributed by atoms with Crippen LogP contribution in [0.2, 0.25) is 0 Å². The minimum atomic E-state index is -1.96. The molecule has 0 spiro atoms. The molecular weight excluding hydrogens is 1240 g/mol. The second kappa shape index (κ2) is 23.8. The van der Waals surface area contributed by atoms with E-state index in [-0.39, 0.29) is 88.1 Å². The molecule has 5 rings (SSSR count). The van der Waals surface area contributed by atoms with Gasteiger partial charge in [0.2, 0.25) is 0 Å². The predicted octanol–water partition coefficient (Wildman–Crippen LogP) is -5.93. The number of aliphatic hydroxyl groups excluding tert-OH is 12. The molecule has 0 saturated carbocycles. The Kier molecular flexibility index (Phi) is 22.3. The molecule has 5 fully saturated rings. The Morgan fingerprint density at radius 1 is 0.450 bits per heavy atom. The van der Waals surface area contributed by atoms with Crippen LogP contribution >= 0.6 is 0 Å². The second-order valence-electron chi connectivity index (χ2n) is 16.2. The van der Waals surface area contributed by atoms with Crippen molar-refractivity contribution >= 4 is 0 Å². The Hall–Kier alpha value is 1.92. The molecule has 0 aliphatic carbocycles. The number of aliphatic hydroxyl groups is 12. The van der Waals surface area contributed by atoms with E-state index < -0.39 is 179 Å². The first-order valence-corrected chi connectivity index (χ1v) is 19.1. The zero-order chi connectivity index (χ0) is 43.1. The van der Waals surface area contributed by atoms with Crippen LogP contribution in [0.5, 0.6) is 0 Å². The van der Waals surface area contributed by atoms with Gasteiger partial charge in [0.1, 0.15) is 98.0 Å². The molecule has 346 valence electrons. The van der Waals surface area contributed by atoms with Gasteiger partial charge in [0.25, 0.3) is 0 Å². The molecule has 0 aromatic heterocycles. The van der Waals surface area contributed by atoms with Crippen molar-refractivity contribution in [3.63, 3.8) is 0 Å². The molecule has 0 amide bonds. The van der Waals surface area contributed by atoms with E-state index in [1.54, 1.807) is 20.8 Å². The second-order valence-corrected chi connectivity index (χ2v) is 16.2. The van der Waals surface area contributed by atoms with Gasteiger partial charge in [-0.3, -0.25) is 0 Å². The fourth-order valence-electron chi connectivity index (χ4n) is 7.26. The Morgan fingerprint density at radius 2 is 0.900 bits per heavy atom. The van der Waals surface area contributed by atoms with Gasteiger partial charge in [-0.25, -0.2) is 0 Å². The average molecular weight is 1300 g/mol. The SMILES string of the molecule is CC1O[C@@H](O[C@H]2C(O[C@@H]3OC(CO)C(O)[C@H](O)C3OC3OC(C)[C@@H](O)C(O)[C@@H]3O)C(CO)O[C@H](OCC3O[C@H](OC(C)(C)C)C([NH-])[C@@H](O)C3O)C2[NH-])C(O)[C@H](O)C1O.[Ac].[Ac]. The van der Waals surface area contributed by atoms with E-state index in [0.717, 1.165) is 0 Å². The summed E-state index contributed by atoms with van der Waals surface area (Å²) in [5.41, 5.74) is 16.7. The molecular formula is C34H60Ac2N2O22-2. The van der Waals surface area contributed by atoms with Crippen LogP contribution < -0.4 is 0 Å². The first-order chi connectivity index (χ1) is 27.1. The third-order valence-corrected chi connectivity index (χ3v) is 10.7. The zero-order valence-corrected chi connectivity index (χ0v) is 43.1. The van der Waals surface area contributed by atoms with E-state index in [1.807, 2.05) is 0 Å². The normalized spacial score (nSPS) is 50.4. The largest absolute Gasteiger partial charge is 0.668 e. The van der Waals surface area contributed by atoms with Crippen molar-refractivity contribution in [1.82, 2.24) is 0 Å². The van der Waals surface area contributed by atoms with Gasteiger partial charge in [-0.05, 0) is 34.6 Å². The minimum Gasteiger partial charge on any atom is -0.668 e. The zero-order valence-electron chi connectivity index (χ0n) is 33.7. The fraction of sp³-hybridized carbons (Fsp3) is 1.00. The Morgan fingerprint density at radius 3 is 1.40 bits per heavy atom. The Bertz CT molecular complexity index is 1300. The molecule has 24 nitrogen and oxygen atoms in total. The molecule has 5 saturated heterocycles. The van der Waals surface area contributed by atoms with Gasteiger partial charge in [0.15, 0.2) is 18.9 Å². The number of ether oxygens (including phenoxy) is 10. The van der Waals surface area contributed by atoms with Crippen LogP contribution in [0, 0.1) is 88.1 Å². The molecule has 60 heavy (non-hydrogen) atoms. The topological polar surface area (TPSA) is 383 Å². The van der Waals surface area contributed by atoms with Crippen molar-refractivity contribution in [1.29, 1.82) is 0 Å². The predicted molar refractivity (Wildman–Crippen MR) is 187 cm³/mol. The van der Waals surface area contributed by atoms with E-state index in [1.165, 1.54) is 13.8 Å². The summed E-state index contributed by atoms with van der Waals surface area (Å²) in [6.45, 7) is 5.44. The summed E-state index contributed by atoms with van der Waals surface area (Å²) in [5.74, 6) is 0. The molecule has 5 aliphatic heterocycles. The molecule has 2 radical (unpaired) electrons. The van der Waals surface area contributed by atoms with Crippen LogP contribution in [0.25, 0.3) is 11.5 Å². The van der Waals surface area contributed by atoms with Gasteiger partial charge >= 0.3 is 0 Å². The average Bonchev–Trinajstić information content (AvgIpc) is 3.17. The maximum atomic E-state index is 11.2. The maximum Gasteiger partial charge on any atom is 0.187 e. The van der Waals surface area contributed by atoms with E-state index in [9.17, 15) is 67.0 Å². The number of rotatable bonds is 12. The Balaban J connectivity index is 0.00000480. The molecule has 26 heteroatoms. The molecule has 0 aromatic rings. The van der Waals surface area contributed by atoms with Crippen LogP contribution in [0.15, 0.2) is 0 Å². The summed E-state index contributed by atoms with van der Waals surface area (Å²) >= 11 is 0. The van der Waals surface area contributed by atoms with E-state index >= 15 is 0 Å². The number of hydrogen-bond donors (Lipinski definition) is 12. The number of hydrogen-bond acceptors (Lipinski definition) is 22. The molecule has 0 bridgehead atoms. The van der Waals surface area contributed by atoms with Gasteiger partial charge in [-0.1, -0.05) is 12.1 Å². The van der Waals surface area contributed by atoms with Crippen LogP contribution in [0.4, 0.5) is 0 Å². The van der Waals surface area contributed by atoms with Crippen LogP contribution in [0.1, 0.15) is 34.6 Å². The quantitative estimate of drug-likeness (QED) is 0.0866. The molecule has 5 heterocycles. The summed E-state index contributed by atoms with van der Waals surface area (Å²) in [6, 6.07) is -3.16. The van der Waals surface area contributed by atoms with Crippen molar-refractivity contribution in [2.24, 2.45) is 0 Å². The third kappa shape index (κ3) is 12.7. The first kappa shape index (κ1) is 56.2. The van der Waals surface area contributed by atoms with Crippen LogP contribution in [-0.4, -0.2) is 240 Å². The van der Waals surface area contributed by atoms with Gasteiger partial charge in [0, 0.05) is 88.1 Å². The Labute approximate surface area is 417 Å². The third-order valence-electron chi connectivity index (χ3n) is 10.7. The van der Waals surface area contributed by atoms with Gasteiger partial charge < -0.3 is 120 Å². The van der Waals surface area contributed by atoms with Crippen molar-refractivity contribution in [3.8, 4) is 0 Å². The fourth-order valence-corrected chi connectivity index (χ4v) is 7.26. The maximum absolute atomic E-state index is 11.2. The van der Waals surface area contributed by atoms with Crippen molar-refractivity contribution < 1.29 is 197 Å². The van der Waals surface area contributed by atoms with Gasteiger partial charge in [-0.2, -0.15) is 0 Å². The van der Waals surface area contributed by atoms with Crippen LogP contribution in [-0.2, 0) is 47.4 Å². The van der Waals surface area contributed by atoms with Gasteiger partial charge in [-0.15, -0.1) is 0 Å². The summed E-state index contributed by atoms with van der Waals surface area (Å²) < 4.78 is 58.2. The van der Waals surface area contributed by atoms with Crippen LogP contribution in [0.3, 0.4) is 0 Å². The summed E-state index contributed by atoms with van der Waals surface area (Å²) in [6.07, 6.45) is -37.9. The van der Waals surface area contributed by atoms with Gasteiger partial charge in [0.05, 0.1) is 49.8 Å². The molecule has 14 N–H and O–H groups in total. The summed E-state index contributed by atoms with van der Waals surface area (Å²) in [5, 5.41) is 127. The molecule has 15 unspecified atom stereocenters.